The molecule has 0 spiro atoms. The van der Waals surface area contributed by atoms with Crippen molar-refractivity contribution in [3.63, 3.8) is 0 Å². The normalized spacial score (nSPS) is 10.6. The highest BCUT2D eigenvalue weighted by Gasteiger charge is 2.14. The Labute approximate surface area is 78.0 Å². The van der Waals surface area contributed by atoms with E-state index in [2.05, 4.69) is 6.92 Å². The van der Waals surface area contributed by atoms with Crippen LogP contribution in [0, 0.1) is 6.92 Å². The Balaban J connectivity index is 2.61. The first-order valence-electron chi connectivity index (χ1n) is 4.67. The highest BCUT2D eigenvalue weighted by atomic mass is 16.4. The van der Waals surface area contributed by atoms with E-state index in [9.17, 15) is 10.2 Å². The van der Waals surface area contributed by atoms with Crippen LogP contribution in [-0.2, 0) is 6.42 Å². The molecule has 0 bridgehead atoms. The monoisotopic (exact) mass is 184 g/mol. The van der Waals surface area contributed by atoms with Crippen LogP contribution in [0.15, 0.2) is 4.42 Å². The fourth-order valence-electron chi connectivity index (χ4n) is 1.29. The summed E-state index contributed by atoms with van der Waals surface area (Å²) in [5, 5.41) is 18.6. The summed E-state index contributed by atoms with van der Waals surface area (Å²) in [6, 6.07) is 0. The van der Waals surface area contributed by atoms with E-state index in [-0.39, 0.29) is 11.5 Å². The van der Waals surface area contributed by atoms with Gasteiger partial charge in [0.25, 0.3) is 0 Å². The minimum atomic E-state index is -0.119. The van der Waals surface area contributed by atoms with E-state index in [1.807, 2.05) is 0 Å². The van der Waals surface area contributed by atoms with Gasteiger partial charge in [-0.2, -0.15) is 0 Å². The van der Waals surface area contributed by atoms with Gasteiger partial charge in [0.05, 0.1) is 0 Å². The van der Waals surface area contributed by atoms with Gasteiger partial charge in [0.2, 0.25) is 0 Å². The van der Waals surface area contributed by atoms with Gasteiger partial charge in [0, 0.05) is 6.42 Å². The van der Waals surface area contributed by atoms with E-state index < -0.39 is 0 Å². The molecule has 1 aromatic heterocycles. The van der Waals surface area contributed by atoms with Gasteiger partial charge in [-0.25, -0.2) is 0 Å². The predicted molar refractivity (Wildman–Crippen MR) is 50.0 cm³/mol. The molecule has 0 aromatic carbocycles. The number of aromatic hydroxyl groups is 2. The quantitative estimate of drug-likeness (QED) is 0.707. The zero-order chi connectivity index (χ0) is 9.84. The van der Waals surface area contributed by atoms with Crippen molar-refractivity contribution in [3.05, 3.63) is 11.5 Å². The van der Waals surface area contributed by atoms with Gasteiger partial charge in [-0.1, -0.05) is 19.8 Å². The Hall–Kier alpha value is -1.12. The summed E-state index contributed by atoms with van der Waals surface area (Å²) in [5.41, 5.74) is 0. The fraction of sp³-hybridized carbons (Fsp3) is 0.600. The van der Waals surface area contributed by atoms with Gasteiger partial charge in [-0.05, 0) is 13.3 Å². The van der Waals surface area contributed by atoms with Crippen molar-refractivity contribution < 1.29 is 14.6 Å². The lowest BCUT2D eigenvalue weighted by Gasteiger charge is -1.95. The van der Waals surface area contributed by atoms with Gasteiger partial charge in [-0.15, -0.1) is 0 Å². The first kappa shape index (κ1) is 9.96. The zero-order valence-corrected chi connectivity index (χ0v) is 8.13. The van der Waals surface area contributed by atoms with Crippen molar-refractivity contribution in [1.82, 2.24) is 0 Å². The van der Waals surface area contributed by atoms with Crippen molar-refractivity contribution in [3.8, 4) is 11.5 Å². The minimum absolute atomic E-state index is 0.0893. The Kier molecular flexibility index (Phi) is 3.23. The summed E-state index contributed by atoms with van der Waals surface area (Å²) < 4.78 is 5.19. The Morgan fingerprint density at radius 1 is 1.15 bits per heavy atom. The third kappa shape index (κ3) is 2.17. The number of unbranched alkanes of at least 4 members (excludes halogenated alkanes) is 2. The maximum Gasteiger partial charge on any atom is 0.200 e. The fourth-order valence-corrected chi connectivity index (χ4v) is 1.29. The molecule has 0 aliphatic rings. The van der Waals surface area contributed by atoms with Crippen LogP contribution in [0.5, 0.6) is 11.5 Å². The predicted octanol–water partition coefficient (Wildman–Crippen LogP) is 2.73. The van der Waals surface area contributed by atoms with E-state index >= 15 is 0 Å². The summed E-state index contributed by atoms with van der Waals surface area (Å²) in [7, 11) is 0. The molecule has 74 valence electrons. The maximum atomic E-state index is 9.37. The highest BCUT2D eigenvalue weighted by molar-refractivity contribution is 5.43. The van der Waals surface area contributed by atoms with E-state index in [4.69, 9.17) is 4.42 Å². The van der Waals surface area contributed by atoms with Crippen molar-refractivity contribution in [2.24, 2.45) is 0 Å². The molecule has 1 rings (SSSR count). The van der Waals surface area contributed by atoms with Crippen molar-refractivity contribution >= 4 is 0 Å². The van der Waals surface area contributed by atoms with E-state index in [0.717, 1.165) is 19.3 Å². The molecule has 0 radical (unpaired) electrons. The maximum absolute atomic E-state index is 9.37. The zero-order valence-electron chi connectivity index (χ0n) is 8.13. The lowest BCUT2D eigenvalue weighted by molar-refractivity contribution is 0.400. The summed E-state index contributed by atoms with van der Waals surface area (Å²) in [4.78, 5) is 0. The average Bonchev–Trinajstić information content (AvgIpc) is 2.34. The van der Waals surface area contributed by atoms with Crippen molar-refractivity contribution in [1.29, 1.82) is 0 Å². The van der Waals surface area contributed by atoms with Gasteiger partial charge >= 0.3 is 0 Å². The van der Waals surface area contributed by atoms with Crippen LogP contribution in [0.4, 0.5) is 0 Å². The van der Waals surface area contributed by atoms with Gasteiger partial charge < -0.3 is 14.6 Å². The number of aryl methyl sites for hydroxylation is 2. The molecule has 0 unspecified atom stereocenters. The Morgan fingerprint density at radius 3 is 2.31 bits per heavy atom. The van der Waals surface area contributed by atoms with Gasteiger partial charge in [-0.3, -0.25) is 0 Å². The first-order chi connectivity index (χ1) is 6.16. The smallest absolute Gasteiger partial charge is 0.200 e. The molecule has 0 saturated heterocycles. The number of furan rings is 1. The van der Waals surface area contributed by atoms with Crippen LogP contribution in [0.1, 0.15) is 37.7 Å². The average molecular weight is 184 g/mol. The number of rotatable bonds is 4. The van der Waals surface area contributed by atoms with E-state index in [1.165, 1.54) is 0 Å². The van der Waals surface area contributed by atoms with E-state index in [0.29, 0.717) is 17.9 Å². The molecule has 13 heavy (non-hydrogen) atoms. The molecule has 2 N–H and O–H groups in total. The third-order valence-corrected chi connectivity index (χ3v) is 2.11. The summed E-state index contributed by atoms with van der Waals surface area (Å²) in [6.45, 7) is 3.75. The molecular weight excluding hydrogens is 168 g/mol. The molecule has 0 aliphatic carbocycles. The molecule has 1 heterocycles. The number of hydrogen-bond donors (Lipinski definition) is 2. The standard InChI is InChI=1S/C10H16O3/c1-3-4-5-6-8-10(12)9(11)7(2)13-8/h11-12H,3-6H2,1-2H3. The molecule has 0 saturated carbocycles. The molecule has 0 amide bonds. The second-order valence-corrected chi connectivity index (χ2v) is 3.24. The second kappa shape index (κ2) is 4.21. The molecule has 0 atom stereocenters. The largest absolute Gasteiger partial charge is 0.502 e. The lowest BCUT2D eigenvalue weighted by Crippen LogP contribution is -1.82. The topological polar surface area (TPSA) is 53.6 Å². The van der Waals surface area contributed by atoms with Crippen LogP contribution in [0.25, 0.3) is 0 Å². The lowest BCUT2D eigenvalue weighted by atomic mass is 10.1. The number of hydrogen-bond acceptors (Lipinski definition) is 3. The highest BCUT2D eigenvalue weighted by Crippen LogP contribution is 2.35. The molecule has 0 aliphatic heterocycles. The minimum Gasteiger partial charge on any atom is -0.502 e. The Bertz CT molecular complexity index is 276. The third-order valence-electron chi connectivity index (χ3n) is 2.11. The van der Waals surface area contributed by atoms with Crippen LogP contribution in [0.3, 0.4) is 0 Å². The van der Waals surface area contributed by atoms with Crippen molar-refractivity contribution in [2.45, 2.75) is 39.5 Å². The molecule has 3 nitrogen and oxygen atoms in total. The molecule has 1 aromatic rings. The van der Waals surface area contributed by atoms with Crippen LogP contribution >= 0.6 is 0 Å². The first-order valence-corrected chi connectivity index (χ1v) is 4.67. The summed E-state index contributed by atoms with van der Waals surface area (Å²) in [5.74, 6) is 0.688. The van der Waals surface area contributed by atoms with Crippen LogP contribution in [-0.4, -0.2) is 10.2 Å². The summed E-state index contributed by atoms with van der Waals surface area (Å²) in [6.07, 6.45) is 3.92. The van der Waals surface area contributed by atoms with Gasteiger partial charge in [0.1, 0.15) is 11.5 Å². The molecule has 3 heteroatoms. The van der Waals surface area contributed by atoms with E-state index in [1.54, 1.807) is 6.92 Å². The van der Waals surface area contributed by atoms with Crippen LogP contribution in [0.2, 0.25) is 0 Å². The molecule has 0 fully saturated rings. The van der Waals surface area contributed by atoms with Gasteiger partial charge in [0.15, 0.2) is 11.5 Å². The van der Waals surface area contributed by atoms with Crippen LogP contribution < -0.4 is 0 Å². The SMILES string of the molecule is CCCCCc1oc(C)c(O)c1O. The van der Waals surface area contributed by atoms with Crippen molar-refractivity contribution in [2.75, 3.05) is 0 Å². The summed E-state index contributed by atoms with van der Waals surface area (Å²) >= 11 is 0. The second-order valence-electron chi connectivity index (χ2n) is 3.24. The Morgan fingerprint density at radius 2 is 1.85 bits per heavy atom. The molecular formula is C10H16O3.